The minimum atomic E-state index is -3.77. The number of hydrogen-bond acceptors (Lipinski definition) is 4. The second-order valence-electron chi connectivity index (χ2n) is 6.10. The molecule has 0 bridgehead atoms. The fraction of sp³-hybridized carbons (Fsp3) is 0.100. The number of halogens is 1. The van der Waals surface area contributed by atoms with Crippen LogP contribution in [0.25, 0.3) is 0 Å². The first-order valence-electron chi connectivity index (χ1n) is 8.71. The molecule has 150 valence electrons. The van der Waals surface area contributed by atoms with E-state index in [2.05, 4.69) is 20.3 Å². The molecule has 1 heterocycles. The van der Waals surface area contributed by atoms with E-state index in [0.717, 1.165) is 5.56 Å². The molecule has 0 saturated carbocycles. The fourth-order valence-corrected chi connectivity index (χ4v) is 3.67. The molecule has 0 amide bonds. The van der Waals surface area contributed by atoms with Gasteiger partial charge in [0.2, 0.25) is 10.0 Å². The average molecular weight is 431 g/mol. The van der Waals surface area contributed by atoms with E-state index in [-0.39, 0.29) is 17.0 Å². The van der Waals surface area contributed by atoms with Gasteiger partial charge in [-0.3, -0.25) is 4.98 Å². The number of pyridine rings is 1. The smallest absolute Gasteiger partial charge is 0.240 e. The van der Waals surface area contributed by atoms with Gasteiger partial charge in [-0.15, -0.1) is 0 Å². The molecule has 0 aliphatic carbocycles. The number of rotatable bonds is 7. The zero-order valence-corrected chi connectivity index (χ0v) is 16.9. The van der Waals surface area contributed by atoms with Crippen LogP contribution in [0.5, 0.6) is 0 Å². The summed E-state index contributed by atoms with van der Waals surface area (Å²) in [5, 5.41) is 6.47. The molecule has 3 rings (SSSR count). The largest absolute Gasteiger partial charge is 0.358 e. The van der Waals surface area contributed by atoms with Gasteiger partial charge in [-0.25, -0.2) is 17.5 Å². The fourth-order valence-electron chi connectivity index (χ4n) is 2.47. The van der Waals surface area contributed by atoms with E-state index in [1.54, 1.807) is 36.7 Å². The molecule has 3 N–H and O–H groups in total. The first-order chi connectivity index (χ1) is 13.9. The van der Waals surface area contributed by atoms with E-state index in [4.69, 9.17) is 12.2 Å². The van der Waals surface area contributed by atoms with Crippen molar-refractivity contribution in [1.82, 2.24) is 15.0 Å². The van der Waals surface area contributed by atoms with Crippen LogP contribution in [0.1, 0.15) is 11.1 Å². The Bertz CT molecular complexity index is 1080. The Morgan fingerprint density at radius 2 is 1.66 bits per heavy atom. The Morgan fingerprint density at radius 3 is 2.34 bits per heavy atom. The van der Waals surface area contributed by atoms with E-state index in [0.29, 0.717) is 17.3 Å². The first kappa shape index (κ1) is 20.8. The van der Waals surface area contributed by atoms with E-state index in [1.165, 1.54) is 24.3 Å². The van der Waals surface area contributed by atoms with Gasteiger partial charge in [0.05, 0.1) is 4.90 Å². The second-order valence-corrected chi connectivity index (χ2v) is 8.28. The molecule has 29 heavy (non-hydrogen) atoms. The van der Waals surface area contributed by atoms with E-state index in [9.17, 15) is 12.8 Å². The van der Waals surface area contributed by atoms with Crippen LogP contribution in [0.4, 0.5) is 10.1 Å². The van der Waals surface area contributed by atoms with Crippen molar-refractivity contribution in [1.29, 1.82) is 0 Å². The summed E-state index contributed by atoms with van der Waals surface area (Å²) in [5.41, 5.74) is 1.96. The van der Waals surface area contributed by atoms with Crippen molar-refractivity contribution in [3.8, 4) is 0 Å². The topological polar surface area (TPSA) is 83.1 Å². The van der Waals surface area contributed by atoms with Gasteiger partial charge in [0.15, 0.2) is 5.11 Å². The molecule has 0 radical (unpaired) electrons. The van der Waals surface area contributed by atoms with E-state index < -0.39 is 15.8 Å². The summed E-state index contributed by atoms with van der Waals surface area (Å²) >= 11 is 5.25. The minimum absolute atomic E-state index is 0.0788. The van der Waals surface area contributed by atoms with Crippen molar-refractivity contribution in [3.63, 3.8) is 0 Å². The van der Waals surface area contributed by atoms with Crippen LogP contribution in [0.2, 0.25) is 0 Å². The third-order valence-corrected chi connectivity index (χ3v) is 5.70. The van der Waals surface area contributed by atoms with Gasteiger partial charge in [0.1, 0.15) is 5.82 Å². The number of nitrogens with one attached hydrogen (secondary N) is 3. The van der Waals surface area contributed by atoms with Gasteiger partial charge >= 0.3 is 0 Å². The third kappa shape index (κ3) is 6.05. The summed E-state index contributed by atoms with van der Waals surface area (Å²) in [7, 11) is -3.77. The summed E-state index contributed by atoms with van der Waals surface area (Å²) in [5.74, 6) is -0.456. The highest BCUT2D eigenvalue weighted by atomic mass is 32.2. The number of benzene rings is 2. The quantitative estimate of drug-likeness (QED) is 0.500. The Kier molecular flexibility index (Phi) is 6.86. The van der Waals surface area contributed by atoms with Crippen LogP contribution >= 0.6 is 12.2 Å². The number of thiocarbonyl (C=S) groups is 1. The second kappa shape index (κ2) is 9.55. The monoisotopic (exact) mass is 430 g/mol. The van der Waals surface area contributed by atoms with Crippen molar-refractivity contribution in [2.75, 3.05) is 5.32 Å². The Labute approximate surface area is 174 Å². The predicted molar refractivity (Wildman–Crippen MR) is 114 cm³/mol. The number of anilines is 1. The van der Waals surface area contributed by atoms with Gasteiger partial charge in [-0.05, 0) is 60.2 Å². The number of sulfonamides is 1. The summed E-state index contributed by atoms with van der Waals surface area (Å²) in [6.07, 6.45) is 3.40. The van der Waals surface area contributed by atoms with Crippen LogP contribution in [-0.2, 0) is 23.1 Å². The zero-order valence-electron chi connectivity index (χ0n) is 15.3. The minimum Gasteiger partial charge on any atom is -0.358 e. The lowest BCUT2D eigenvalue weighted by molar-refractivity contribution is 0.574. The van der Waals surface area contributed by atoms with Gasteiger partial charge < -0.3 is 10.6 Å². The Hall–Kier alpha value is -2.88. The molecule has 9 heteroatoms. The molecule has 0 fully saturated rings. The van der Waals surface area contributed by atoms with E-state index >= 15 is 0 Å². The maximum Gasteiger partial charge on any atom is 0.240 e. The molecule has 2 aromatic carbocycles. The van der Waals surface area contributed by atoms with Crippen LogP contribution in [0.3, 0.4) is 0 Å². The summed E-state index contributed by atoms with van der Waals surface area (Å²) in [4.78, 5) is 4.03. The van der Waals surface area contributed by atoms with Gasteiger partial charge in [0.25, 0.3) is 0 Å². The average Bonchev–Trinajstić information content (AvgIpc) is 2.73. The lowest BCUT2D eigenvalue weighted by Gasteiger charge is -2.12. The molecule has 0 aliphatic heterocycles. The summed E-state index contributed by atoms with van der Waals surface area (Å²) in [6, 6.07) is 15.9. The zero-order chi connectivity index (χ0) is 20.7. The van der Waals surface area contributed by atoms with Crippen LogP contribution in [0.15, 0.2) is 78.0 Å². The number of nitrogens with zero attached hydrogens (tertiary/aromatic N) is 1. The lowest BCUT2D eigenvalue weighted by Crippen LogP contribution is -2.28. The van der Waals surface area contributed by atoms with E-state index in [1.807, 2.05) is 12.1 Å². The molecule has 0 spiro atoms. The summed E-state index contributed by atoms with van der Waals surface area (Å²) in [6.45, 7) is 0.415. The molecule has 0 atom stereocenters. The molecule has 0 aliphatic rings. The maximum absolute atomic E-state index is 13.6. The van der Waals surface area contributed by atoms with Crippen LogP contribution in [0, 0.1) is 5.82 Å². The SMILES string of the molecule is O=S(=O)(NCc1ccccc1F)c1ccc(NC(=S)NCc2ccncc2)cc1. The highest BCUT2D eigenvalue weighted by Crippen LogP contribution is 2.15. The standard InChI is InChI=1S/C20H19FN4O2S2/c21-19-4-2-1-3-16(19)14-24-29(26,27)18-7-5-17(6-8-18)25-20(28)23-13-15-9-11-22-12-10-15/h1-12,24H,13-14H2,(H2,23,25,28). The highest BCUT2D eigenvalue weighted by Gasteiger charge is 2.14. The number of aromatic nitrogens is 1. The van der Waals surface area contributed by atoms with Crippen molar-refractivity contribution in [2.45, 2.75) is 18.0 Å². The van der Waals surface area contributed by atoms with Crippen molar-refractivity contribution >= 4 is 33.0 Å². The van der Waals surface area contributed by atoms with Crippen LogP contribution in [-0.4, -0.2) is 18.5 Å². The maximum atomic E-state index is 13.6. The summed E-state index contributed by atoms with van der Waals surface area (Å²) < 4.78 is 40.9. The Morgan fingerprint density at radius 1 is 0.966 bits per heavy atom. The van der Waals surface area contributed by atoms with Gasteiger partial charge in [0, 0.05) is 36.7 Å². The normalized spacial score (nSPS) is 11.1. The van der Waals surface area contributed by atoms with Crippen molar-refractivity contribution in [2.24, 2.45) is 0 Å². The third-order valence-electron chi connectivity index (χ3n) is 4.04. The molecule has 0 unspecified atom stereocenters. The number of hydrogen-bond donors (Lipinski definition) is 3. The molecular formula is C20H19FN4O2S2. The highest BCUT2D eigenvalue weighted by molar-refractivity contribution is 7.89. The molecule has 1 aromatic heterocycles. The predicted octanol–water partition coefficient (Wildman–Crippen LogP) is 3.19. The molecular weight excluding hydrogens is 411 g/mol. The lowest BCUT2D eigenvalue weighted by atomic mass is 10.2. The van der Waals surface area contributed by atoms with Crippen LogP contribution < -0.4 is 15.4 Å². The van der Waals surface area contributed by atoms with Gasteiger partial charge in [-0.1, -0.05) is 18.2 Å². The van der Waals surface area contributed by atoms with Gasteiger partial charge in [-0.2, -0.15) is 0 Å². The van der Waals surface area contributed by atoms with Crippen molar-refractivity contribution in [3.05, 3.63) is 90.0 Å². The molecule has 3 aromatic rings. The van der Waals surface area contributed by atoms with Crippen molar-refractivity contribution < 1.29 is 12.8 Å². The molecule has 0 saturated heterocycles. The Balaban J connectivity index is 1.56. The first-order valence-corrected chi connectivity index (χ1v) is 10.6. The molecule has 6 nitrogen and oxygen atoms in total.